The highest BCUT2D eigenvalue weighted by Gasteiger charge is 2.20. The average Bonchev–Trinajstić information content (AvgIpc) is 3.99. The first kappa shape index (κ1) is 35.2. The summed E-state index contributed by atoms with van der Waals surface area (Å²) in [7, 11) is 0. The van der Waals surface area contributed by atoms with Gasteiger partial charge in [-0.15, -0.1) is 0 Å². The Hall–Kier alpha value is -8.54. The number of hydrogen-bond acceptors (Lipinski definition) is 2. The monoisotopic (exact) mass is 803 g/mol. The van der Waals surface area contributed by atoms with Gasteiger partial charge in [0.15, 0.2) is 0 Å². The van der Waals surface area contributed by atoms with E-state index in [-0.39, 0.29) is 0 Å². The van der Waals surface area contributed by atoms with Crippen LogP contribution in [0.25, 0.3) is 116 Å². The zero-order valence-corrected chi connectivity index (χ0v) is 34.1. The third kappa shape index (κ3) is 5.57. The molecule has 0 N–H and O–H groups in total. The molecule has 0 unspecified atom stereocenters. The minimum absolute atomic E-state index is 0.888. The number of fused-ring (bicyclic) bond motifs is 9. The van der Waals surface area contributed by atoms with Crippen molar-refractivity contribution < 1.29 is 0 Å². The van der Waals surface area contributed by atoms with Crippen LogP contribution in [0, 0.1) is 0 Å². The Bertz CT molecular complexity index is 3780. The van der Waals surface area contributed by atoms with Crippen molar-refractivity contribution in [3.8, 4) is 50.7 Å². The fourth-order valence-corrected chi connectivity index (χ4v) is 9.86. The maximum Gasteiger partial charge on any atom is 0.138 e. The summed E-state index contributed by atoms with van der Waals surface area (Å²) in [5.74, 6) is 0.888. The molecule has 0 aliphatic rings. The summed E-state index contributed by atoms with van der Waals surface area (Å²) in [4.78, 5) is 9.89. The quantitative estimate of drug-likeness (QED) is 0.168. The fourth-order valence-electron chi connectivity index (χ4n) is 9.86. The molecule has 8 aromatic carbocycles. The Balaban J connectivity index is 0.997. The lowest BCUT2D eigenvalue weighted by Gasteiger charge is -2.13. The molecule has 0 bridgehead atoms. The molecule has 5 aromatic heterocycles. The van der Waals surface area contributed by atoms with Gasteiger partial charge in [-0.1, -0.05) is 133 Å². The van der Waals surface area contributed by atoms with Gasteiger partial charge < -0.3 is 9.13 Å². The van der Waals surface area contributed by atoms with E-state index in [4.69, 9.17) is 4.98 Å². The Labute approximate surface area is 363 Å². The third-order valence-electron chi connectivity index (χ3n) is 12.7. The summed E-state index contributed by atoms with van der Waals surface area (Å²) in [6.07, 6.45) is 3.86. The van der Waals surface area contributed by atoms with Crippen LogP contribution in [-0.4, -0.2) is 23.7 Å². The van der Waals surface area contributed by atoms with Gasteiger partial charge in [0.1, 0.15) is 5.82 Å². The van der Waals surface area contributed by atoms with Gasteiger partial charge in [-0.2, -0.15) is 0 Å². The van der Waals surface area contributed by atoms with Crippen molar-refractivity contribution in [3.05, 3.63) is 225 Å². The van der Waals surface area contributed by atoms with Gasteiger partial charge in [0, 0.05) is 55.5 Å². The molecule has 0 spiro atoms. The molecule has 0 saturated carbocycles. The van der Waals surface area contributed by atoms with Crippen molar-refractivity contribution >= 4 is 65.4 Å². The normalized spacial score (nSPS) is 11.8. The largest absolute Gasteiger partial charge is 0.309 e. The van der Waals surface area contributed by atoms with Crippen molar-refractivity contribution in [3.63, 3.8) is 0 Å². The summed E-state index contributed by atoms with van der Waals surface area (Å²) < 4.78 is 7.08. The van der Waals surface area contributed by atoms with E-state index in [0.717, 1.165) is 78.3 Å². The maximum absolute atomic E-state index is 5.35. The van der Waals surface area contributed by atoms with Gasteiger partial charge in [-0.05, 0) is 101 Å². The lowest BCUT2D eigenvalue weighted by Crippen LogP contribution is -2.00. The molecule has 0 fully saturated rings. The minimum atomic E-state index is 0.888. The minimum Gasteiger partial charge on any atom is -0.309 e. The first-order valence-corrected chi connectivity index (χ1v) is 21.4. The van der Waals surface area contributed by atoms with E-state index in [1.54, 1.807) is 0 Å². The molecule has 63 heavy (non-hydrogen) atoms. The number of rotatable bonds is 6. The van der Waals surface area contributed by atoms with Crippen LogP contribution < -0.4 is 0 Å². The number of aromatic nitrogens is 5. The average molecular weight is 804 g/mol. The maximum atomic E-state index is 5.35. The number of pyridine rings is 2. The van der Waals surface area contributed by atoms with Crippen LogP contribution in [0.5, 0.6) is 0 Å². The van der Waals surface area contributed by atoms with Gasteiger partial charge in [0.25, 0.3) is 0 Å². The Morgan fingerprint density at radius 2 is 0.841 bits per heavy atom. The second-order valence-electron chi connectivity index (χ2n) is 16.3. The van der Waals surface area contributed by atoms with Crippen molar-refractivity contribution in [2.24, 2.45) is 0 Å². The zero-order valence-electron chi connectivity index (χ0n) is 34.1. The predicted octanol–water partition coefficient (Wildman–Crippen LogP) is 14.8. The smallest absolute Gasteiger partial charge is 0.138 e. The summed E-state index contributed by atoms with van der Waals surface area (Å²) in [6.45, 7) is 0. The topological polar surface area (TPSA) is 40.6 Å². The second kappa shape index (κ2) is 14.0. The number of nitrogens with zero attached hydrogens (tertiary/aromatic N) is 5. The van der Waals surface area contributed by atoms with Crippen LogP contribution in [0.3, 0.4) is 0 Å². The molecule has 0 aliphatic carbocycles. The van der Waals surface area contributed by atoms with Gasteiger partial charge in [0.05, 0.1) is 45.0 Å². The summed E-state index contributed by atoms with van der Waals surface area (Å²) >= 11 is 0. The first-order chi connectivity index (χ1) is 31.2. The Morgan fingerprint density at radius 3 is 1.63 bits per heavy atom. The van der Waals surface area contributed by atoms with Crippen molar-refractivity contribution in [2.45, 2.75) is 0 Å². The van der Waals surface area contributed by atoms with Gasteiger partial charge >= 0.3 is 0 Å². The van der Waals surface area contributed by atoms with Crippen molar-refractivity contribution in [1.82, 2.24) is 23.7 Å². The molecule has 0 radical (unpaired) electrons. The van der Waals surface area contributed by atoms with Gasteiger partial charge in [0.2, 0.25) is 0 Å². The molecule has 5 heterocycles. The molecule has 5 nitrogen and oxygen atoms in total. The Kier molecular flexibility index (Phi) is 7.84. The van der Waals surface area contributed by atoms with E-state index in [0.29, 0.717) is 0 Å². The fraction of sp³-hybridized carbons (Fsp3) is 0. The van der Waals surface area contributed by atoms with Crippen LogP contribution in [0.2, 0.25) is 0 Å². The van der Waals surface area contributed by atoms with E-state index >= 15 is 0 Å². The number of benzene rings is 8. The van der Waals surface area contributed by atoms with Crippen molar-refractivity contribution in [1.29, 1.82) is 0 Å². The van der Waals surface area contributed by atoms with Crippen molar-refractivity contribution in [2.75, 3.05) is 0 Å². The molecule has 294 valence electrons. The highest BCUT2D eigenvalue weighted by Crippen LogP contribution is 2.40. The van der Waals surface area contributed by atoms with E-state index < -0.39 is 0 Å². The van der Waals surface area contributed by atoms with Crippen LogP contribution in [-0.2, 0) is 0 Å². The molecular weight excluding hydrogens is 767 g/mol. The number of hydrogen-bond donors (Lipinski definition) is 0. The van der Waals surface area contributed by atoms with Crippen LogP contribution in [0.1, 0.15) is 0 Å². The highest BCUT2D eigenvalue weighted by molar-refractivity contribution is 6.14. The third-order valence-corrected chi connectivity index (χ3v) is 12.7. The van der Waals surface area contributed by atoms with E-state index in [1.807, 2.05) is 12.4 Å². The van der Waals surface area contributed by atoms with Crippen LogP contribution in [0.15, 0.2) is 225 Å². The van der Waals surface area contributed by atoms with E-state index in [1.165, 1.54) is 37.8 Å². The summed E-state index contributed by atoms with van der Waals surface area (Å²) in [5, 5.41) is 7.20. The molecular formula is C58H37N5. The highest BCUT2D eigenvalue weighted by atomic mass is 15.1. The molecule has 0 amide bonds. The van der Waals surface area contributed by atoms with Gasteiger partial charge in [-0.25, -0.2) is 4.98 Å². The second-order valence-corrected chi connectivity index (χ2v) is 16.3. The first-order valence-electron chi connectivity index (χ1n) is 21.4. The molecule has 0 atom stereocenters. The summed E-state index contributed by atoms with van der Waals surface area (Å²) in [5.41, 5.74) is 15.7. The standard InChI is InChI=1S/C58H37N5/c1-4-14-38(15-5-1)42-33-51(39-16-6-2-7-17-39)60-58(35-42)63-53-23-13-11-21-46(53)49-32-40(25-28-55(49)63)41-24-27-47-50-36-44(26-29-54(50)61(56(47)34-41)43-18-8-3-9-19-43)62-52-22-12-10-20-45(52)48-30-31-59-37-57(48)62/h1-37H. The molecule has 0 saturated heterocycles. The molecule has 13 rings (SSSR count). The lowest BCUT2D eigenvalue weighted by molar-refractivity contribution is 1.08. The summed E-state index contributed by atoms with van der Waals surface area (Å²) in [6, 6.07) is 76.4. The zero-order chi connectivity index (χ0) is 41.4. The molecule has 5 heteroatoms. The lowest BCUT2D eigenvalue weighted by atomic mass is 10.0. The molecule has 13 aromatic rings. The molecule has 0 aliphatic heterocycles. The van der Waals surface area contributed by atoms with Gasteiger partial charge in [-0.3, -0.25) is 9.55 Å². The van der Waals surface area contributed by atoms with E-state index in [2.05, 4.69) is 231 Å². The van der Waals surface area contributed by atoms with Crippen LogP contribution in [0.4, 0.5) is 0 Å². The predicted molar refractivity (Wildman–Crippen MR) is 261 cm³/mol. The van der Waals surface area contributed by atoms with Crippen LogP contribution >= 0.6 is 0 Å². The van der Waals surface area contributed by atoms with E-state index in [9.17, 15) is 0 Å². The Morgan fingerprint density at radius 1 is 0.286 bits per heavy atom. The SMILES string of the molecule is c1ccc(-c2cc(-c3ccccc3)nc(-n3c4ccccc4c4cc(-c5ccc6c7cc(-n8c9ccccc9c9ccncc98)ccc7n(-c7ccccc7)c6c5)ccc43)c2)cc1. The number of para-hydroxylation sites is 3.